The van der Waals surface area contributed by atoms with Gasteiger partial charge in [-0.25, -0.2) is 5.43 Å². The number of nitrogens with zero attached hydrogens (tertiary/aromatic N) is 1. The van der Waals surface area contributed by atoms with Crippen LogP contribution in [0.25, 0.3) is 0 Å². The van der Waals surface area contributed by atoms with Gasteiger partial charge in [0.25, 0.3) is 0 Å². The molecular formula is C14H17N3O. The van der Waals surface area contributed by atoms with Gasteiger partial charge < -0.3 is 4.74 Å². The molecule has 0 bridgehead atoms. The number of hydrogen-bond donors (Lipinski definition) is 2. The van der Waals surface area contributed by atoms with Crippen LogP contribution in [0.5, 0.6) is 5.75 Å². The number of ether oxygens (including phenoxy) is 1. The zero-order chi connectivity index (χ0) is 13.0. The number of pyridine rings is 1. The molecule has 2 rings (SSSR count). The third-order valence-electron chi connectivity index (χ3n) is 2.97. The minimum Gasteiger partial charge on any atom is -0.495 e. The van der Waals surface area contributed by atoms with E-state index >= 15 is 0 Å². The zero-order valence-corrected chi connectivity index (χ0v) is 10.6. The molecule has 18 heavy (non-hydrogen) atoms. The van der Waals surface area contributed by atoms with E-state index in [1.807, 2.05) is 18.2 Å². The molecule has 0 fully saturated rings. The second-order valence-corrected chi connectivity index (χ2v) is 4.11. The number of nitrogens with one attached hydrogen (secondary N) is 1. The minimum absolute atomic E-state index is 0.0891. The van der Waals surface area contributed by atoms with E-state index in [-0.39, 0.29) is 6.04 Å². The lowest BCUT2D eigenvalue weighted by Gasteiger charge is -2.19. The summed E-state index contributed by atoms with van der Waals surface area (Å²) in [7, 11) is 1.62. The predicted molar refractivity (Wildman–Crippen MR) is 71.1 cm³/mol. The van der Waals surface area contributed by atoms with E-state index in [0.29, 0.717) is 0 Å². The number of hydrazine groups is 1. The van der Waals surface area contributed by atoms with E-state index in [9.17, 15) is 0 Å². The number of nitrogens with two attached hydrogens (primary N) is 1. The lowest BCUT2D eigenvalue weighted by atomic mass is 9.96. The fourth-order valence-electron chi connectivity index (χ4n) is 1.98. The van der Waals surface area contributed by atoms with E-state index in [0.717, 1.165) is 16.9 Å². The van der Waals surface area contributed by atoms with Gasteiger partial charge in [0.1, 0.15) is 5.75 Å². The van der Waals surface area contributed by atoms with Crippen LogP contribution >= 0.6 is 0 Å². The van der Waals surface area contributed by atoms with Crippen LogP contribution in [0.1, 0.15) is 22.7 Å². The second kappa shape index (κ2) is 5.62. The molecule has 0 saturated heterocycles. The van der Waals surface area contributed by atoms with Crippen molar-refractivity contribution < 1.29 is 4.74 Å². The van der Waals surface area contributed by atoms with Crippen LogP contribution in [0.3, 0.4) is 0 Å². The third kappa shape index (κ3) is 2.50. The van der Waals surface area contributed by atoms with Gasteiger partial charge in [-0.1, -0.05) is 24.3 Å². The fourth-order valence-corrected chi connectivity index (χ4v) is 1.98. The van der Waals surface area contributed by atoms with Crippen molar-refractivity contribution in [1.29, 1.82) is 0 Å². The van der Waals surface area contributed by atoms with Crippen molar-refractivity contribution in [2.45, 2.75) is 13.0 Å². The van der Waals surface area contributed by atoms with Crippen molar-refractivity contribution in [2.24, 2.45) is 5.84 Å². The van der Waals surface area contributed by atoms with Gasteiger partial charge in [0.2, 0.25) is 0 Å². The molecule has 1 heterocycles. The highest BCUT2D eigenvalue weighted by Gasteiger charge is 2.15. The molecule has 4 nitrogen and oxygen atoms in total. The van der Waals surface area contributed by atoms with E-state index < -0.39 is 0 Å². The molecule has 0 amide bonds. The van der Waals surface area contributed by atoms with Crippen LogP contribution in [0.15, 0.2) is 42.7 Å². The summed E-state index contributed by atoms with van der Waals surface area (Å²) < 4.78 is 5.18. The Labute approximate surface area is 107 Å². The van der Waals surface area contributed by atoms with Crippen molar-refractivity contribution in [2.75, 3.05) is 7.11 Å². The number of aryl methyl sites for hydroxylation is 1. The molecule has 4 heteroatoms. The first-order chi connectivity index (χ1) is 8.76. The Morgan fingerprint density at radius 1 is 1.28 bits per heavy atom. The molecule has 94 valence electrons. The first-order valence-corrected chi connectivity index (χ1v) is 5.77. The Hall–Kier alpha value is -1.91. The van der Waals surface area contributed by atoms with Crippen LogP contribution in [0.2, 0.25) is 0 Å². The summed E-state index contributed by atoms with van der Waals surface area (Å²) in [6.07, 6.45) is 3.47. The Bertz CT molecular complexity index is 528. The summed E-state index contributed by atoms with van der Waals surface area (Å²) >= 11 is 0. The molecule has 0 radical (unpaired) electrons. The summed E-state index contributed by atoms with van der Waals surface area (Å²) in [6, 6.07) is 9.97. The molecule has 1 unspecified atom stereocenters. The Balaban J connectivity index is 2.42. The van der Waals surface area contributed by atoms with Crippen LogP contribution in [0, 0.1) is 6.92 Å². The highest BCUT2D eigenvalue weighted by Crippen LogP contribution is 2.25. The van der Waals surface area contributed by atoms with Gasteiger partial charge in [-0.15, -0.1) is 0 Å². The average molecular weight is 243 g/mol. The second-order valence-electron chi connectivity index (χ2n) is 4.11. The summed E-state index contributed by atoms with van der Waals surface area (Å²) in [5, 5.41) is 0. The predicted octanol–water partition coefficient (Wildman–Crippen LogP) is 1.95. The van der Waals surface area contributed by atoms with Crippen molar-refractivity contribution in [3.8, 4) is 5.75 Å². The van der Waals surface area contributed by atoms with E-state index in [1.165, 1.54) is 5.56 Å². The van der Waals surface area contributed by atoms with Gasteiger partial charge in [0.15, 0.2) is 0 Å². The van der Waals surface area contributed by atoms with Crippen LogP contribution in [0.4, 0.5) is 0 Å². The molecule has 1 atom stereocenters. The minimum atomic E-state index is -0.0891. The topological polar surface area (TPSA) is 60.2 Å². The van der Waals surface area contributed by atoms with Gasteiger partial charge in [0.05, 0.1) is 19.3 Å². The van der Waals surface area contributed by atoms with E-state index in [1.54, 1.807) is 19.5 Å². The number of hydrogen-bond acceptors (Lipinski definition) is 4. The Morgan fingerprint density at radius 2 is 2.06 bits per heavy atom. The summed E-state index contributed by atoms with van der Waals surface area (Å²) in [5.74, 6) is 6.40. The quantitative estimate of drug-likeness (QED) is 0.636. The maximum absolute atomic E-state index is 5.68. The molecule has 0 aliphatic rings. The Morgan fingerprint density at radius 3 is 2.72 bits per heavy atom. The SMILES string of the molecule is COc1cncc(C(NN)c2ccccc2C)c1. The van der Waals surface area contributed by atoms with Gasteiger partial charge >= 0.3 is 0 Å². The normalized spacial score (nSPS) is 12.2. The molecule has 0 spiro atoms. The van der Waals surface area contributed by atoms with E-state index in [2.05, 4.69) is 29.5 Å². The molecule has 1 aromatic carbocycles. The van der Waals surface area contributed by atoms with Crippen molar-refractivity contribution in [3.63, 3.8) is 0 Å². The number of methoxy groups -OCH3 is 1. The van der Waals surface area contributed by atoms with Crippen LogP contribution in [-0.4, -0.2) is 12.1 Å². The van der Waals surface area contributed by atoms with Gasteiger partial charge in [-0.2, -0.15) is 0 Å². The monoisotopic (exact) mass is 243 g/mol. The molecule has 2 aromatic rings. The molecule has 1 aromatic heterocycles. The van der Waals surface area contributed by atoms with Gasteiger partial charge in [-0.05, 0) is 29.7 Å². The number of aromatic nitrogens is 1. The molecular weight excluding hydrogens is 226 g/mol. The highest BCUT2D eigenvalue weighted by molar-refractivity contribution is 5.37. The number of rotatable bonds is 4. The molecule has 3 N–H and O–H groups in total. The van der Waals surface area contributed by atoms with Crippen molar-refractivity contribution in [3.05, 3.63) is 59.4 Å². The maximum Gasteiger partial charge on any atom is 0.137 e. The van der Waals surface area contributed by atoms with Crippen molar-refractivity contribution in [1.82, 2.24) is 10.4 Å². The average Bonchev–Trinajstić information content (AvgIpc) is 2.42. The first-order valence-electron chi connectivity index (χ1n) is 5.77. The van der Waals surface area contributed by atoms with Crippen LogP contribution in [-0.2, 0) is 0 Å². The highest BCUT2D eigenvalue weighted by atomic mass is 16.5. The third-order valence-corrected chi connectivity index (χ3v) is 2.97. The number of benzene rings is 1. The summed E-state index contributed by atoms with van der Waals surface area (Å²) in [4.78, 5) is 4.16. The molecule has 0 saturated carbocycles. The standard InChI is InChI=1S/C14H17N3O/c1-10-5-3-4-6-13(10)14(17-15)11-7-12(18-2)9-16-8-11/h3-9,14,17H,15H2,1-2H3. The van der Waals surface area contributed by atoms with Gasteiger partial charge in [-0.3, -0.25) is 10.8 Å². The lowest BCUT2D eigenvalue weighted by Crippen LogP contribution is -2.29. The van der Waals surface area contributed by atoms with Gasteiger partial charge in [0, 0.05) is 6.20 Å². The maximum atomic E-state index is 5.68. The first kappa shape index (κ1) is 12.5. The fraction of sp³-hybridized carbons (Fsp3) is 0.214. The largest absolute Gasteiger partial charge is 0.495 e. The smallest absolute Gasteiger partial charge is 0.137 e. The lowest BCUT2D eigenvalue weighted by molar-refractivity contribution is 0.411. The zero-order valence-electron chi connectivity index (χ0n) is 10.6. The van der Waals surface area contributed by atoms with Crippen LogP contribution < -0.4 is 16.0 Å². The summed E-state index contributed by atoms with van der Waals surface area (Å²) in [6.45, 7) is 2.06. The summed E-state index contributed by atoms with van der Waals surface area (Å²) in [5.41, 5.74) is 6.13. The van der Waals surface area contributed by atoms with Crippen molar-refractivity contribution >= 4 is 0 Å². The Kier molecular flexibility index (Phi) is 3.92. The van der Waals surface area contributed by atoms with E-state index in [4.69, 9.17) is 10.6 Å². The molecule has 0 aliphatic heterocycles. The molecule has 0 aliphatic carbocycles.